The lowest BCUT2D eigenvalue weighted by Gasteiger charge is -2.28. The summed E-state index contributed by atoms with van der Waals surface area (Å²) in [4.78, 5) is 4.47. The number of ether oxygens (including phenoxy) is 1. The van der Waals surface area contributed by atoms with Gasteiger partial charge in [-0.15, -0.1) is 0 Å². The Bertz CT molecular complexity index is 1180. The molecule has 0 amide bonds. The van der Waals surface area contributed by atoms with E-state index in [-0.39, 0.29) is 21.6 Å². The number of aryl methyl sites for hydroxylation is 1. The highest BCUT2D eigenvalue weighted by atomic mass is 35.5. The maximum Gasteiger partial charge on any atom is 0.389 e. The average Bonchev–Trinajstić information content (AvgIpc) is 3.30. The number of anilines is 1. The Morgan fingerprint density at radius 3 is 2.56 bits per heavy atom. The van der Waals surface area contributed by atoms with Crippen molar-refractivity contribution in [2.75, 3.05) is 11.1 Å². The van der Waals surface area contributed by atoms with Crippen LogP contribution in [0.5, 0.6) is 5.75 Å². The van der Waals surface area contributed by atoms with Gasteiger partial charge in [-0.1, -0.05) is 37.6 Å². The highest BCUT2D eigenvalue weighted by Gasteiger charge is 2.78. The van der Waals surface area contributed by atoms with E-state index in [4.69, 9.17) is 16.3 Å². The lowest BCUT2D eigenvalue weighted by molar-refractivity contribution is 0.000664. The molecule has 1 aliphatic rings. The summed E-state index contributed by atoms with van der Waals surface area (Å²) in [5, 5.41) is 13.7. The number of aromatic hydroxyl groups is 1. The summed E-state index contributed by atoms with van der Waals surface area (Å²) in [6, 6.07) is 10.2. The summed E-state index contributed by atoms with van der Waals surface area (Å²) in [5.74, 6) is -1.94. The molecule has 2 atom stereocenters. The van der Waals surface area contributed by atoms with E-state index >= 15 is 4.39 Å². The number of benzene rings is 2. The SMILES string of the molecule is Cc1ccc2c(NC(c3ccc(Cl)c(O)c3F)C3(CSC(C)C)OC3(F)F)cccc2n1. The van der Waals surface area contributed by atoms with Crippen molar-refractivity contribution >= 4 is 40.0 Å². The number of hydrogen-bond donors (Lipinski definition) is 2. The first kappa shape index (κ1) is 23.0. The zero-order valence-electron chi connectivity index (χ0n) is 17.6. The van der Waals surface area contributed by atoms with E-state index < -0.39 is 29.3 Å². The fourth-order valence-corrected chi connectivity index (χ4v) is 4.80. The van der Waals surface area contributed by atoms with E-state index in [0.29, 0.717) is 16.6 Å². The third kappa shape index (κ3) is 4.00. The zero-order chi connectivity index (χ0) is 23.3. The predicted octanol–water partition coefficient (Wildman–Crippen LogP) is 6.70. The molecule has 0 spiro atoms. The molecule has 170 valence electrons. The predicted molar refractivity (Wildman–Crippen MR) is 122 cm³/mol. The van der Waals surface area contributed by atoms with Crippen molar-refractivity contribution in [1.82, 2.24) is 4.98 Å². The smallest absolute Gasteiger partial charge is 0.389 e. The van der Waals surface area contributed by atoms with Crippen LogP contribution in [0.4, 0.5) is 18.9 Å². The monoisotopic (exact) mass is 482 g/mol. The number of epoxide rings is 1. The largest absolute Gasteiger partial charge is 0.504 e. The van der Waals surface area contributed by atoms with Gasteiger partial charge in [0, 0.05) is 28.1 Å². The van der Waals surface area contributed by atoms with Crippen molar-refractivity contribution in [2.24, 2.45) is 0 Å². The molecule has 4 nitrogen and oxygen atoms in total. The number of alkyl halides is 2. The van der Waals surface area contributed by atoms with Crippen molar-refractivity contribution in [3.8, 4) is 5.75 Å². The molecule has 32 heavy (non-hydrogen) atoms. The second-order valence-corrected chi connectivity index (χ2v) is 10.0. The normalized spacial score (nSPS) is 20.5. The van der Waals surface area contributed by atoms with Crippen LogP contribution in [0.25, 0.3) is 10.9 Å². The van der Waals surface area contributed by atoms with Gasteiger partial charge in [-0.25, -0.2) is 4.39 Å². The van der Waals surface area contributed by atoms with Crippen LogP contribution in [-0.2, 0) is 4.74 Å². The standard InChI is InChI=1S/C23H22ClF3N2O2S/c1-12(2)32-11-22(23(26,27)31-22)21(15-9-10-16(24)20(30)19(15)25)29-18-6-4-5-17-14(18)8-7-13(3)28-17/h4-10,12,21,29-30H,11H2,1-3H3. The molecular formula is C23H22ClF3N2O2S. The van der Waals surface area contributed by atoms with Crippen molar-refractivity contribution in [1.29, 1.82) is 0 Å². The first-order valence-electron chi connectivity index (χ1n) is 10.0. The van der Waals surface area contributed by atoms with E-state index in [1.54, 1.807) is 12.1 Å². The second-order valence-electron chi connectivity index (χ2n) is 8.07. The maximum absolute atomic E-state index is 15.1. The molecule has 4 rings (SSSR count). The third-order valence-corrected chi connectivity index (χ3v) is 7.00. The molecule has 1 fully saturated rings. The van der Waals surface area contributed by atoms with Crippen molar-refractivity contribution in [3.63, 3.8) is 0 Å². The molecule has 2 aromatic carbocycles. The molecule has 2 N–H and O–H groups in total. The average molecular weight is 483 g/mol. The summed E-state index contributed by atoms with van der Waals surface area (Å²) in [6.07, 6.45) is -3.48. The minimum absolute atomic E-state index is 0.0562. The molecule has 9 heteroatoms. The van der Waals surface area contributed by atoms with Gasteiger partial charge in [0.2, 0.25) is 0 Å². The minimum atomic E-state index is -3.48. The number of phenolic OH excluding ortho intramolecular Hbond substituents is 1. The number of hydrogen-bond acceptors (Lipinski definition) is 5. The Kier molecular flexibility index (Phi) is 5.98. The van der Waals surface area contributed by atoms with Crippen LogP contribution in [0, 0.1) is 12.7 Å². The number of fused-ring (bicyclic) bond motifs is 1. The molecule has 2 unspecified atom stereocenters. The Morgan fingerprint density at radius 2 is 1.91 bits per heavy atom. The molecule has 3 aromatic rings. The summed E-state index contributed by atoms with van der Waals surface area (Å²) < 4.78 is 49.5. The number of phenols is 1. The molecule has 1 saturated heterocycles. The van der Waals surface area contributed by atoms with E-state index in [0.717, 1.165) is 5.69 Å². The summed E-state index contributed by atoms with van der Waals surface area (Å²) in [5.41, 5.74) is -0.202. The van der Waals surface area contributed by atoms with Crippen LogP contribution in [0.2, 0.25) is 5.02 Å². The van der Waals surface area contributed by atoms with Gasteiger partial charge in [0.1, 0.15) is 0 Å². The number of thioether (sulfide) groups is 1. The maximum atomic E-state index is 15.1. The van der Waals surface area contributed by atoms with Crippen LogP contribution in [0.1, 0.15) is 31.1 Å². The van der Waals surface area contributed by atoms with Crippen LogP contribution in [-0.4, -0.2) is 32.8 Å². The van der Waals surface area contributed by atoms with Crippen LogP contribution < -0.4 is 5.32 Å². The first-order valence-corrected chi connectivity index (χ1v) is 11.5. The zero-order valence-corrected chi connectivity index (χ0v) is 19.2. The van der Waals surface area contributed by atoms with E-state index in [9.17, 15) is 13.9 Å². The fourth-order valence-electron chi connectivity index (χ4n) is 3.68. The van der Waals surface area contributed by atoms with Gasteiger partial charge in [-0.2, -0.15) is 20.5 Å². The molecule has 1 aromatic heterocycles. The van der Waals surface area contributed by atoms with Crippen molar-refractivity contribution in [3.05, 3.63) is 64.6 Å². The first-order chi connectivity index (χ1) is 15.1. The highest BCUT2D eigenvalue weighted by molar-refractivity contribution is 7.99. The molecule has 0 bridgehead atoms. The number of nitrogens with one attached hydrogen (secondary N) is 1. The molecule has 1 aliphatic heterocycles. The highest BCUT2D eigenvalue weighted by Crippen LogP contribution is 2.60. The van der Waals surface area contributed by atoms with E-state index in [1.165, 1.54) is 23.9 Å². The van der Waals surface area contributed by atoms with E-state index in [1.807, 2.05) is 39.0 Å². The van der Waals surface area contributed by atoms with E-state index in [2.05, 4.69) is 10.3 Å². The second kappa shape index (κ2) is 8.32. The number of nitrogens with zero attached hydrogens (tertiary/aromatic N) is 1. The van der Waals surface area contributed by atoms with Crippen molar-refractivity contribution in [2.45, 2.75) is 43.8 Å². The van der Waals surface area contributed by atoms with Crippen LogP contribution in [0.3, 0.4) is 0 Å². The van der Waals surface area contributed by atoms with Gasteiger partial charge in [-0.3, -0.25) is 9.72 Å². The Labute approximate surface area is 193 Å². The third-order valence-electron chi connectivity index (χ3n) is 5.44. The molecule has 2 heterocycles. The number of halogens is 4. The summed E-state index contributed by atoms with van der Waals surface area (Å²) in [6.45, 7) is 5.62. The Balaban J connectivity index is 1.85. The quantitative estimate of drug-likeness (QED) is 0.367. The topological polar surface area (TPSA) is 57.7 Å². The lowest BCUT2D eigenvalue weighted by atomic mass is 9.92. The fraction of sp³-hybridized carbons (Fsp3) is 0.348. The van der Waals surface area contributed by atoms with Gasteiger partial charge in [0.15, 0.2) is 17.2 Å². The number of pyridine rings is 1. The summed E-state index contributed by atoms with van der Waals surface area (Å²) in [7, 11) is 0. The lowest BCUT2D eigenvalue weighted by Crippen LogP contribution is -2.36. The number of rotatable bonds is 7. The van der Waals surface area contributed by atoms with Gasteiger partial charge in [0.05, 0.1) is 16.6 Å². The van der Waals surface area contributed by atoms with Gasteiger partial charge < -0.3 is 10.4 Å². The van der Waals surface area contributed by atoms with Gasteiger partial charge in [-0.05, 0) is 42.5 Å². The number of aromatic nitrogens is 1. The molecule has 0 aliphatic carbocycles. The Morgan fingerprint density at radius 1 is 1.19 bits per heavy atom. The minimum Gasteiger partial charge on any atom is -0.504 e. The summed E-state index contributed by atoms with van der Waals surface area (Å²) >= 11 is 7.12. The van der Waals surface area contributed by atoms with Crippen LogP contribution in [0.15, 0.2) is 42.5 Å². The molecular weight excluding hydrogens is 461 g/mol. The van der Waals surface area contributed by atoms with Gasteiger partial charge in [0.25, 0.3) is 0 Å². The molecule has 0 saturated carbocycles. The van der Waals surface area contributed by atoms with Crippen LogP contribution >= 0.6 is 23.4 Å². The van der Waals surface area contributed by atoms with Gasteiger partial charge >= 0.3 is 6.11 Å². The molecule has 0 radical (unpaired) electrons. The van der Waals surface area contributed by atoms with Crippen molar-refractivity contribution < 1.29 is 23.0 Å². The Hall–Kier alpha value is -2.16.